The predicted molar refractivity (Wildman–Crippen MR) is 52.7 cm³/mol. The first-order valence-electron chi connectivity index (χ1n) is 3.90. The Bertz CT molecular complexity index is 433. The summed E-state index contributed by atoms with van der Waals surface area (Å²) in [5, 5.41) is 0.491. The summed E-state index contributed by atoms with van der Waals surface area (Å²) in [5.74, 6) is 0. The summed E-state index contributed by atoms with van der Waals surface area (Å²) in [6.07, 6.45) is 0.980. The first-order chi connectivity index (χ1) is 6.79. The molecule has 0 amide bonds. The molecule has 2 rings (SSSR count). The van der Waals surface area contributed by atoms with E-state index in [1.54, 1.807) is 12.3 Å². The quantitative estimate of drug-likeness (QED) is 0.677. The zero-order valence-electron chi connectivity index (χ0n) is 7.39. The Labute approximate surface area is 84.1 Å². The number of fused-ring (bicyclic) bond motifs is 1. The van der Waals surface area contributed by atoms with Crippen LogP contribution in [0.2, 0.25) is 0 Å². The van der Waals surface area contributed by atoms with Crippen molar-refractivity contribution in [2.75, 3.05) is 7.11 Å². The molecule has 0 atom stereocenters. The van der Waals surface area contributed by atoms with Crippen molar-refractivity contribution in [1.82, 2.24) is 4.98 Å². The molecule has 14 heavy (non-hydrogen) atoms. The maximum Gasteiger partial charge on any atom is 0.514 e. The van der Waals surface area contributed by atoms with Gasteiger partial charge in [0.05, 0.1) is 17.3 Å². The van der Waals surface area contributed by atoms with Crippen LogP contribution in [0.4, 0.5) is 4.79 Å². The molecule has 0 aromatic carbocycles. The number of thiophene rings is 1. The number of hydrogen-bond acceptors (Lipinski definition) is 5. The molecule has 2 aromatic heterocycles. The minimum Gasteiger partial charge on any atom is -0.437 e. The van der Waals surface area contributed by atoms with Crippen molar-refractivity contribution in [1.29, 1.82) is 0 Å². The van der Waals surface area contributed by atoms with Crippen molar-refractivity contribution >= 4 is 27.7 Å². The fourth-order valence-corrected chi connectivity index (χ4v) is 1.88. The van der Waals surface area contributed by atoms with E-state index in [4.69, 9.17) is 4.74 Å². The third-order valence-electron chi connectivity index (χ3n) is 1.62. The van der Waals surface area contributed by atoms with Gasteiger partial charge in [0.25, 0.3) is 0 Å². The van der Waals surface area contributed by atoms with Gasteiger partial charge in [-0.1, -0.05) is 11.3 Å². The molecule has 72 valence electrons. The van der Waals surface area contributed by atoms with Crippen LogP contribution in [0.25, 0.3) is 10.2 Å². The molecule has 0 saturated heterocycles. The van der Waals surface area contributed by atoms with E-state index in [9.17, 15) is 4.79 Å². The first kappa shape index (κ1) is 8.96. The van der Waals surface area contributed by atoms with Gasteiger partial charge in [-0.15, -0.1) is 0 Å². The van der Waals surface area contributed by atoms with Crippen molar-refractivity contribution in [3.05, 3.63) is 24.4 Å². The maximum atomic E-state index is 10.8. The molecule has 0 saturated carbocycles. The average molecular weight is 209 g/mol. The van der Waals surface area contributed by atoms with Crippen LogP contribution in [0, 0.1) is 0 Å². The van der Waals surface area contributed by atoms with Gasteiger partial charge in [-0.3, -0.25) is 4.98 Å². The number of rotatable bonds is 1. The molecule has 0 radical (unpaired) electrons. The van der Waals surface area contributed by atoms with E-state index in [1.165, 1.54) is 18.4 Å². The zero-order valence-corrected chi connectivity index (χ0v) is 8.21. The van der Waals surface area contributed by atoms with E-state index in [0.717, 1.165) is 10.2 Å². The van der Waals surface area contributed by atoms with Gasteiger partial charge in [0, 0.05) is 12.3 Å². The molecule has 0 N–H and O–H groups in total. The Hall–Kier alpha value is -1.62. The molecule has 0 aliphatic rings. The summed E-state index contributed by atoms with van der Waals surface area (Å²) >= 11 is 1.36. The van der Waals surface area contributed by atoms with Crippen LogP contribution in [0.1, 0.15) is 0 Å². The Morgan fingerprint density at radius 1 is 1.57 bits per heavy atom. The van der Waals surface area contributed by atoms with Gasteiger partial charge < -0.3 is 9.47 Å². The highest BCUT2D eigenvalue weighted by molar-refractivity contribution is 7.20. The Morgan fingerprint density at radius 3 is 3.14 bits per heavy atom. The van der Waals surface area contributed by atoms with Crippen LogP contribution in [-0.2, 0) is 4.74 Å². The second-order valence-corrected chi connectivity index (χ2v) is 3.55. The molecule has 0 bridgehead atoms. The lowest BCUT2D eigenvalue weighted by Gasteiger charge is -1.96. The summed E-state index contributed by atoms with van der Waals surface area (Å²) in [5.41, 5.74) is 0.816. The normalized spacial score (nSPS) is 10.1. The third-order valence-corrected chi connectivity index (χ3v) is 2.58. The number of hydrogen-bond donors (Lipinski definition) is 0. The van der Waals surface area contributed by atoms with Crippen LogP contribution in [0.5, 0.6) is 5.06 Å². The highest BCUT2D eigenvalue weighted by atomic mass is 32.1. The van der Waals surface area contributed by atoms with Crippen molar-refractivity contribution in [3.63, 3.8) is 0 Å². The minimum absolute atomic E-state index is 0.491. The molecule has 0 unspecified atom stereocenters. The number of carbonyl (C=O) groups excluding carboxylic acids is 1. The van der Waals surface area contributed by atoms with E-state index in [-0.39, 0.29) is 0 Å². The van der Waals surface area contributed by atoms with E-state index >= 15 is 0 Å². The number of pyridine rings is 1. The van der Waals surface area contributed by atoms with Crippen LogP contribution in [0.3, 0.4) is 0 Å². The largest absolute Gasteiger partial charge is 0.514 e. The highest BCUT2D eigenvalue weighted by Gasteiger charge is 2.07. The molecule has 2 aromatic rings. The predicted octanol–water partition coefficient (Wildman–Crippen LogP) is 2.44. The fourth-order valence-electron chi connectivity index (χ4n) is 1.02. The lowest BCUT2D eigenvalue weighted by atomic mass is 10.4. The lowest BCUT2D eigenvalue weighted by molar-refractivity contribution is 0.123. The number of methoxy groups -OCH3 is 1. The zero-order chi connectivity index (χ0) is 9.97. The molecule has 4 nitrogen and oxygen atoms in total. The van der Waals surface area contributed by atoms with Crippen molar-refractivity contribution in [2.45, 2.75) is 0 Å². The molecular formula is C9H7NO3S. The molecule has 0 aliphatic heterocycles. The minimum atomic E-state index is -0.712. The lowest BCUT2D eigenvalue weighted by Crippen LogP contribution is -2.05. The molecular weight excluding hydrogens is 202 g/mol. The van der Waals surface area contributed by atoms with Gasteiger partial charge in [0.15, 0.2) is 5.06 Å². The van der Waals surface area contributed by atoms with Crippen molar-refractivity contribution < 1.29 is 14.3 Å². The number of nitrogens with zero attached hydrogens (tertiary/aromatic N) is 1. The molecule has 0 aliphatic carbocycles. The van der Waals surface area contributed by atoms with E-state index in [0.29, 0.717) is 5.06 Å². The monoisotopic (exact) mass is 209 g/mol. The molecule has 0 spiro atoms. The number of aromatic nitrogens is 1. The van der Waals surface area contributed by atoms with Gasteiger partial charge in [-0.2, -0.15) is 0 Å². The standard InChI is InChI=1S/C9H7NO3S/c1-12-9(11)13-8-5-6-7(14-8)3-2-4-10-6/h2-5H,1H3. The molecule has 2 heterocycles. The van der Waals surface area contributed by atoms with E-state index in [2.05, 4.69) is 9.72 Å². The second kappa shape index (κ2) is 3.63. The van der Waals surface area contributed by atoms with Gasteiger partial charge >= 0.3 is 6.16 Å². The summed E-state index contributed by atoms with van der Waals surface area (Å²) in [6.45, 7) is 0. The van der Waals surface area contributed by atoms with Crippen LogP contribution in [0.15, 0.2) is 24.4 Å². The second-order valence-electron chi connectivity index (χ2n) is 2.51. The van der Waals surface area contributed by atoms with Crippen LogP contribution in [-0.4, -0.2) is 18.2 Å². The average Bonchev–Trinajstić information content (AvgIpc) is 2.59. The third kappa shape index (κ3) is 1.67. The topological polar surface area (TPSA) is 48.4 Å². The van der Waals surface area contributed by atoms with E-state index in [1.807, 2.05) is 12.1 Å². The Balaban J connectivity index is 2.31. The highest BCUT2D eigenvalue weighted by Crippen LogP contribution is 2.30. The van der Waals surface area contributed by atoms with Crippen molar-refractivity contribution in [3.8, 4) is 5.06 Å². The van der Waals surface area contributed by atoms with Gasteiger partial charge in [0.2, 0.25) is 0 Å². The Morgan fingerprint density at radius 2 is 2.43 bits per heavy atom. The Kier molecular flexibility index (Phi) is 2.32. The van der Waals surface area contributed by atoms with Crippen LogP contribution >= 0.6 is 11.3 Å². The maximum absolute atomic E-state index is 10.8. The summed E-state index contributed by atoms with van der Waals surface area (Å²) in [4.78, 5) is 14.9. The van der Waals surface area contributed by atoms with Crippen molar-refractivity contribution in [2.24, 2.45) is 0 Å². The van der Waals surface area contributed by atoms with Gasteiger partial charge in [-0.25, -0.2) is 4.79 Å². The summed E-state index contributed by atoms with van der Waals surface area (Å²) in [7, 11) is 1.27. The summed E-state index contributed by atoms with van der Waals surface area (Å²) < 4.78 is 10.2. The first-order valence-corrected chi connectivity index (χ1v) is 4.71. The summed E-state index contributed by atoms with van der Waals surface area (Å²) in [6, 6.07) is 5.45. The SMILES string of the molecule is COC(=O)Oc1cc2ncccc2s1. The fraction of sp³-hybridized carbons (Fsp3) is 0.111. The molecule has 5 heteroatoms. The number of carbonyl (C=O) groups is 1. The van der Waals surface area contributed by atoms with Crippen LogP contribution < -0.4 is 4.74 Å². The number of ether oxygens (including phenoxy) is 2. The van der Waals surface area contributed by atoms with Gasteiger partial charge in [0.1, 0.15) is 0 Å². The van der Waals surface area contributed by atoms with E-state index < -0.39 is 6.16 Å². The molecule has 0 fully saturated rings. The van der Waals surface area contributed by atoms with Gasteiger partial charge in [-0.05, 0) is 12.1 Å². The smallest absolute Gasteiger partial charge is 0.437 e.